The Morgan fingerprint density at radius 1 is 0.882 bits per heavy atom. The quantitative estimate of drug-likeness (QED) is 0.220. The van der Waals surface area contributed by atoms with E-state index in [2.05, 4.69) is 41.7 Å². The van der Waals surface area contributed by atoms with Crippen molar-refractivity contribution in [2.75, 3.05) is 25.0 Å². The number of aromatic nitrogens is 2. The highest BCUT2D eigenvalue weighted by Gasteiger charge is 2.36. The van der Waals surface area contributed by atoms with Crippen LogP contribution in [-0.2, 0) is 30.5 Å². The molecule has 2 unspecified atom stereocenters. The number of rotatable bonds is 12. The summed E-state index contributed by atoms with van der Waals surface area (Å²) in [4.78, 5) is 60.1. The molecule has 1 aromatic heterocycles. The molecule has 0 aliphatic carbocycles. The number of likely N-dealkylation sites (tertiary alicyclic amines) is 1. The lowest BCUT2D eigenvalue weighted by Crippen LogP contribution is -2.59. The second kappa shape index (κ2) is 16.5. The highest BCUT2D eigenvalue weighted by molar-refractivity contribution is 5.98. The number of alkyl carbamates (subject to hydrolysis) is 1. The summed E-state index contributed by atoms with van der Waals surface area (Å²) in [5.41, 5.74) is -0.310. The third kappa shape index (κ3) is 11.4. The second-order valence-corrected chi connectivity index (χ2v) is 15.8. The molecular weight excluding hydrogens is 648 g/mol. The van der Waals surface area contributed by atoms with E-state index in [4.69, 9.17) is 9.47 Å². The third-order valence-corrected chi connectivity index (χ3v) is 8.93. The number of amides is 4. The number of benzene rings is 2. The fraction of sp³-hybridized carbons (Fsp3) is 0.513. The monoisotopic (exact) mass is 702 g/mol. The minimum atomic E-state index is -1.42. The molecule has 1 aliphatic rings. The number of nitrogens with zero attached hydrogens (tertiary/aromatic N) is 3. The van der Waals surface area contributed by atoms with Crippen molar-refractivity contribution in [1.82, 2.24) is 25.1 Å². The first-order valence-electron chi connectivity index (χ1n) is 17.5. The zero-order valence-electron chi connectivity index (χ0n) is 31.2. The van der Waals surface area contributed by atoms with Crippen LogP contribution in [0.2, 0.25) is 0 Å². The molecule has 12 heteroatoms. The molecule has 2 heterocycles. The molecule has 0 bridgehead atoms. The molecule has 0 radical (unpaired) electrons. The van der Waals surface area contributed by atoms with Crippen molar-refractivity contribution < 1.29 is 28.7 Å². The van der Waals surface area contributed by atoms with Crippen LogP contribution in [0.25, 0.3) is 0 Å². The third-order valence-electron chi connectivity index (χ3n) is 8.93. The minimum absolute atomic E-state index is 0.0389. The Kier molecular flexibility index (Phi) is 12.7. The number of anilines is 1. The Balaban J connectivity index is 1.50. The van der Waals surface area contributed by atoms with Crippen molar-refractivity contribution in [3.05, 3.63) is 84.3 Å². The first-order valence-corrected chi connectivity index (χ1v) is 17.5. The van der Waals surface area contributed by atoms with Crippen LogP contribution in [0.3, 0.4) is 0 Å². The number of piperidine rings is 1. The minimum Gasteiger partial charge on any atom is -0.444 e. The number of carbonyl (C=O) groups is 4. The number of ether oxygens (including phenoxy) is 2. The molecule has 1 saturated heterocycles. The fourth-order valence-electron chi connectivity index (χ4n) is 5.98. The largest absolute Gasteiger partial charge is 0.444 e. The van der Waals surface area contributed by atoms with Crippen molar-refractivity contribution in [1.29, 1.82) is 0 Å². The van der Waals surface area contributed by atoms with Crippen LogP contribution >= 0.6 is 0 Å². The predicted octanol–water partition coefficient (Wildman–Crippen LogP) is 5.70. The maximum Gasteiger partial charge on any atom is 0.408 e. The molecule has 276 valence electrons. The van der Waals surface area contributed by atoms with Crippen LogP contribution in [-0.4, -0.2) is 75.1 Å². The number of imidazole rings is 1. The Morgan fingerprint density at radius 2 is 1.49 bits per heavy atom. The fourth-order valence-corrected chi connectivity index (χ4v) is 5.98. The summed E-state index contributed by atoms with van der Waals surface area (Å²) in [5.74, 6) is -0.499. The van der Waals surface area contributed by atoms with Gasteiger partial charge >= 0.3 is 6.09 Å². The molecule has 4 rings (SSSR count). The summed E-state index contributed by atoms with van der Waals surface area (Å²) >= 11 is 0. The Labute approximate surface area is 301 Å². The average Bonchev–Trinajstić information content (AvgIpc) is 3.51. The van der Waals surface area contributed by atoms with Gasteiger partial charge in [-0.3, -0.25) is 14.4 Å². The smallest absolute Gasteiger partial charge is 0.408 e. The molecular formula is C39H54N6O6. The van der Waals surface area contributed by atoms with Gasteiger partial charge in [-0.2, -0.15) is 0 Å². The van der Waals surface area contributed by atoms with Gasteiger partial charge in [0.1, 0.15) is 23.2 Å². The highest BCUT2D eigenvalue weighted by Crippen LogP contribution is 2.35. The van der Waals surface area contributed by atoms with Crippen LogP contribution in [0.15, 0.2) is 73.2 Å². The molecule has 1 aliphatic heterocycles. The molecule has 4 amide bonds. The molecule has 3 aromatic rings. The zero-order chi connectivity index (χ0) is 37.4. The van der Waals surface area contributed by atoms with Gasteiger partial charge in [-0.25, -0.2) is 9.78 Å². The van der Waals surface area contributed by atoms with E-state index in [9.17, 15) is 19.2 Å². The van der Waals surface area contributed by atoms with E-state index < -0.39 is 41.1 Å². The Morgan fingerprint density at radius 3 is 2.08 bits per heavy atom. The molecule has 3 N–H and O–H groups in total. The lowest BCUT2D eigenvalue weighted by molar-refractivity contribution is -0.135. The lowest BCUT2D eigenvalue weighted by Gasteiger charge is -2.40. The summed E-state index contributed by atoms with van der Waals surface area (Å²) in [7, 11) is 0. The van der Waals surface area contributed by atoms with E-state index in [1.54, 1.807) is 31.5 Å². The van der Waals surface area contributed by atoms with E-state index >= 15 is 0 Å². The molecule has 12 nitrogen and oxygen atoms in total. The predicted molar refractivity (Wildman–Crippen MR) is 196 cm³/mol. The first-order chi connectivity index (χ1) is 23.9. The van der Waals surface area contributed by atoms with Crippen molar-refractivity contribution in [3.63, 3.8) is 0 Å². The van der Waals surface area contributed by atoms with Crippen LogP contribution in [0.5, 0.6) is 0 Å². The van der Waals surface area contributed by atoms with E-state index in [0.29, 0.717) is 19.0 Å². The SMILES string of the molecule is CC(C)(C)OC(=O)NC(C)(C)C(=O)NC(COCc1ccccc1)C(=O)Nc1cn(C(C(=O)N2CCC(C(C)(C)C)CC2)c2ccccc2)cn1. The summed E-state index contributed by atoms with van der Waals surface area (Å²) in [5, 5.41) is 8.07. The van der Waals surface area contributed by atoms with Gasteiger partial charge in [0.05, 0.1) is 19.5 Å². The van der Waals surface area contributed by atoms with Gasteiger partial charge in [0.15, 0.2) is 5.82 Å². The summed E-state index contributed by atoms with van der Waals surface area (Å²) in [6, 6.07) is 17.1. The topological polar surface area (TPSA) is 144 Å². The maximum atomic E-state index is 14.1. The zero-order valence-corrected chi connectivity index (χ0v) is 31.2. The van der Waals surface area contributed by atoms with Gasteiger partial charge in [0.25, 0.3) is 5.91 Å². The number of carbonyl (C=O) groups excluding carboxylic acids is 4. The molecule has 0 saturated carbocycles. The van der Waals surface area contributed by atoms with Gasteiger partial charge in [-0.1, -0.05) is 81.4 Å². The van der Waals surface area contributed by atoms with Crippen LogP contribution in [0, 0.1) is 11.3 Å². The van der Waals surface area contributed by atoms with Crippen LogP contribution in [0.4, 0.5) is 10.6 Å². The number of hydrogen-bond acceptors (Lipinski definition) is 7. The van der Waals surface area contributed by atoms with E-state index in [1.165, 1.54) is 20.2 Å². The maximum absolute atomic E-state index is 14.1. The first kappa shape index (κ1) is 39.1. The van der Waals surface area contributed by atoms with Crippen molar-refractivity contribution in [2.45, 2.75) is 98.1 Å². The van der Waals surface area contributed by atoms with Crippen molar-refractivity contribution in [2.24, 2.45) is 11.3 Å². The number of hydrogen-bond donors (Lipinski definition) is 3. The second-order valence-electron chi connectivity index (χ2n) is 15.8. The summed E-state index contributed by atoms with van der Waals surface area (Å²) < 4.78 is 12.9. The highest BCUT2D eigenvalue weighted by atomic mass is 16.6. The van der Waals surface area contributed by atoms with Crippen LogP contribution in [0.1, 0.15) is 85.4 Å². The summed E-state index contributed by atoms with van der Waals surface area (Å²) in [6.07, 6.45) is 4.25. The van der Waals surface area contributed by atoms with Gasteiger partial charge in [0, 0.05) is 19.3 Å². The van der Waals surface area contributed by atoms with Gasteiger partial charge in [-0.15, -0.1) is 0 Å². The molecule has 2 atom stereocenters. The molecule has 1 fully saturated rings. The molecule has 0 spiro atoms. The van der Waals surface area contributed by atoms with E-state index in [1.807, 2.05) is 65.6 Å². The normalized spacial score (nSPS) is 15.4. The van der Waals surface area contributed by atoms with Gasteiger partial charge in [-0.05, 0) is 69.9 Å². The van der Waals surface area contributed by atoms with Crippen LogP contribution < -0.4 is 16.0 Å². The Hall–Kier alpha value is -4.71. The molecule has 2 aromatic carbocycles. The molecule has 51 heavy (non-hydrogen) atoms. The van der Waals surface area contributed by atoms with Crippen molar-refractivity contribution in [3.8, 4) is 0 Å². The number of nitrogens with one attached hydrogen (secondary N) is 3. The van der Waals surface area contributed by atoms with Gasteiger partial charge < -0.3 is 34.9 Å². The van der Waals surface area contributed by atoms with E-state index in [0.717, 1.165) is 24.0 Å². The average molecular weight is 703 g/mol. The van der Waals surface area contributed by atoms with Gasteiger partial charge in [0.2, 0.25) is 11.8 Å². The summed E-state index contributed by atoms with van der Waals surface area (Å²) in [6.45, 7) is 16.3. The van der Waals surface area contributed by atoms with Crippen molar-refractivity contribution >= 4 is 29.6 Å². The Bertz CT molecular complexity index is 1620. The van der Waals surface area contributed by atoms with E-state index in [-0.39, 0.29) is 30.4 Å². The lowest BCUT2D eigenvalue weighted by atomic mass is 9.75. The standard InChI is InChI=1S/C39H54N6O6/c1-37(2,3)29-19-21-44(22-20-29)34(47)32(28-17-13-10-14-18-28)45-23-31(40-26-45)42-33(46)30(25-50-24-27-15-11-9-12-16-27)41-35(48)39(7,8)43-36(49)51-38(4,5)6/h9-18,23,26,29-30,32H,19-22,24-25H2,1-8H3,(H,41,48)(H,42,46)(H,43,49).